The third-order valence-electron chi connectivity index (χ3n) is 2.97. The van der Waals surface area contributed by atoms with Crippen LogP contribution in [0, 0.1) is 6.92 Å². The fourth-order valence-corrected chi connectivity index (χ4v) is 1.92. The summed E-state index contributed by atoms with van der Waals surface area (Å²) < 4.78 is 0. The zero-order valence-electron chi connectivity index (χ0n) is 11.9. The third-order valence-corrected chi connectivity index (χ3v) is 3.22. The average Bonchev–Trinajstić information content (AvgIpc) is 2.50. The van der Waals surface area contributed by atoms with E-state index in [4.69, 9.17) is 11.6 Å². The minimum atomic E-state index is -0.838. The van der Waals surface area contributed by atoms with Crippen LogP contribution in [0.25, 0.3) is 0 Å². The molecule has 2 aromatic rings. The molecule has 22 heavy (non-hydrogen) atoms. The number of anilines is 1. The highest BCUT2D eigenvalue weighted by molar-refractivity contribution is 6.39. The molecule has 3 N–H and O–H groups in total. The second kappa shape index (κ2) is 6.95. The molecule has 2 aromatic carbocycles. The van der Waals surface area contributed by atoms with Gasteiger partial charge in [0.1, 0.15) is 5.75 Å². The zero-order chi connectivity index (χ0) is 16.1. The number of phenols is 1. The average molecular weight is 319 g/mol. The maximum atomic E-state index is 11.8. The van der Waals surface area contributed by atoms with Crippen molar-refractivity contribution in [2.45, 2.75) is 13.5 Å². The van der Waals surface area contributed by atoms with Crippen LogP contribution in [-0.2, 0) is 16.1 Å². The van der Waals surface area contributed by atoms with Crippen molar-refractivity contribution in [3.63, 3.8) is 0 Å². The first-order valence-corrected chi connectivity index (χ1v) is 6.97. The topological polar surface area (TPSA) is 78.4 Å². The summed E-state index contributed by atoms with van der Waals surface area (Å²) in [5.41, 5.74) is 1.88. The number of aromatic hydroxyl groups is 1. The minimum absolute atomic E-state index is 0.0931. The van der Waals surface area contributed by atoms with Crippen molar-refractivity contribution in [2.24, 2.45) is 0 Å². The summed E-state index contributed by atoms with van der Waals surface area (Å²) in [5, 5.41) is 15.1. The highest BCUT2D eigenvalue weighted by atomic mass is 35.5. The summed E-state index contributed by atoms with van der Waals surface area (Å²) in [4.78, 5) is 23.5. The zero-order valence-corrected chi connectivity index (χ0v) is 12.6. The molecule has 0 saturated heterocycles. The van der Waals surface area contributed by atoms with Gasteiger partial charge in [0, 0.05) is 11.6 Å². The lowest BCUT2D eigenvalue weighted by Gasteiger charge is -2.09. The van der Waals surface area contributed by atoms with Crippen LogP contribution in [0.15, 0.2) is 42.5 Å². The van der Waals surface area contributed by atoms with E-state index in [-0.39, 0.29) is 18.0 Å². The van der Waals surface area contributed by atoms with Gasteiger partial charge in [-0.1, -0.05) is 29.8 Å². The Morgan fingerprint density at radius 3 is 2.45 bits per heavy atom. The maximum absolute atomic E-state index is 11.8. The molecule has 0 aliphatic carbocycles. The van der Waals surface area contributed by atoms with Gasteiger partial charge in [0.2, 0.25) is 0 Å². The highest BCUT2D eigenvalue weighted by Crippen LogP contribution is 2.23. The Morgan fingerprint density at radius 2 is 1.77 bits per heavy atom. The minimum Gasteiger partial charge on any atom is -0.506 e. The van der Waals surface area contributed by atoms with Gasteiger partial charge in [0.05, 0.1) is 5.69 Å². The molecule has 0 unspecified atom stereocenters. The molecule has 0 aliphatic heterocycles. The van der Waals surface area contributed by atoms with Gasteiger partial charge < -0.3 is 15.7 Å². The Hall–Kier alpha value is -2.53. The van der Waals surface area contributed by atoms with Crippen LogP contribution >= 0.6 is 11.6 Å². The van der Waals surface area contributed by atoms with E-state index in [1.165, 1.54) is 6.07 Å². The lowest BCUT2D eigenvalue weighted by Crippen LogP contribution is -2.34. The summed E-state index contributed by atoms with van der Waals surface area (Å²) in [6, 6.07) is 11.7. The molecule has 0 saturated carbocycles. The van der Waals surface area contributed by atoms with E-state index in [2.05, 4.69) is 10.6 Å². The fraction of sp³-hybridized carbons (Fsp3) is 0.125. The molecule has 114 valence electrons. The Bertz CT molecular complexity index is 699. The molecule has 2 rings (SSSR count). The second-order valence-corrected chi connectivity index (χ2v) is 5.22. The van der Waals surface area contributed by atoms with E-state index in [1.54, 1.807) is 36.4 Å². The molecule has 0 heterocycles. The van der Waals surface area contributed by atoms with Gasteiger partial charge >= 0.3 is 11.8 Å². The molecule has 2 amide bonds. The number of benzene rings is 2. The summed E-state index contributed by atoms with van der Waals surface area (Å²) >= 11 is 5.77. The molecule has 0 fully saturated rings. The number of phenolic OH excluding ortho intramolecular Hbond substituents is 1. The van der Waals surface area contributed by atoms with E-state index < -0.39 is 11.8 Å². The predicted octanol–water partition coefficient (Wildman–Crippen LogP) is 2.61. The first-order chi connectivity index (χ1) is 10.5. The Balaban J connectivity index is 1.93. The lowest BCUT2D eigenvalue weighted by molar-refractivity contribution is -0.136. The summed E-state index contributed by atoms with van der Waals surface area (Å²) in [5.74, 6) is -1.71. The molecule has 0 radical (unpaired) electrons. The number of nitrogens with one attached hydrogen (secondary N) is 2. The van der Waals surface area contributed by atoms with Crippen molar-refractivity contribution in [2.75, 3.05) is 5.32 Å². The third kappa shape index (κ3) is 4.23. The number of hydrogen-bond acceptors (Lipinski definition) is 3. The smallest absolute Gasteiger partial charge is 0.313 e. The SMILES string of the molecule is Cc1ccc(O)c(NC(=O)C(=O)NCc2ccc(Cl)cc2)c1. The Kier molecular flexibility index (Phi) is 5.01. The van der Waals surface area contributed by atoms with Crippen molar-refractivity contribution in [3.05, 3.63) is 58.6 Å². The first kappa shape index (κ1) is 15.9. The predicted molar refractivity (Wildman–Crippen MR) is 84.8 cm³/mol. The quantitative estimate of drug-likeness (QED) is 0.601. The normalized spacial score (nSPS) is 10.1. The number of amides is 2. The molecule has 0 atom stereocenters. The monoisotopic (exact) mass is 318 g/mol. The molecule has 0 spiro atoms. The van der Waals surface area contributed by atoms with Crippen LogP contribution in [0.2, 0.25) is 5.02 Å². The largest absolute Gasteiger partial charge is 0.506 e. The van der Waals surface area contributed by atoms with Gasteiger partial charge in [-0.2, -0.15) is 0 Å². The van der Waals surface area contributed by atoms with E-state index in [0.29, 0.717) is 5.02 Å². The van der Waals surface area contributed by atoms with Crippen molar-refractivity contribution < 1.29 is 14.7 Å². The van der Waals surface area contributed by atoms with Crippen LogP contribution in [0.3, 0.4) is 0 Å². The van der Waals surface area contributed by atoms with Crippen LogP contribution in [0.5, 0.6) is 5.75 Å². The van der Waals surface area contributed by atoms with Crippen molar-refractivity contribution in [3.8, 4) is 5.75 Å². The molecule has 0 aromatic heterocycles. The van der Waals surface area contributed by atoms with Crippen molar-refractivity contribution >= 4 is 29.1 Å². The summed E-state index contributed by atoms with van der Waals surface area (Å²) in [7, 11) is 0. The van der Waals surface area contributed by atoms with E-state index in [1.807, 2.05) is 6.92 Å². The number of rotatable bonds is 3. The molecule has 0 aliphatic rings. The van der Waals surface area contributed by atoms with Crippen LogP contribution in [0.1, 0.15) is 11.1 Å². The second-order valence-electron chi connectivity index (χ2n) is 4.78. The van der Waals surface area contributed by atoms with E-state index >= 15 is 0 Å². The molecular formula is C16H15ClN2O3. The Morgan fingerprint density at radius 1 is 1.09 bits per heavy atom. The van der Waals surface area contributed by atoms with E-state index in [0.717, 1.165) is 11.1 Å². The van der Waals surface area contributed by atoms with Crippen molar-refractivity contribution in [1.29, 1.82) is 0 Å². The van der Waals surface area contributed by atoms with Gasteiger partial charge in [0.25, 0.3) is 0 Å². The van der Waals surface area contributed by atoms with Crippen LogP contribution in [0.4, 0.5) is 5.69 Å². The number of hydrogen-bond donors (Lipinski definition) is 3. The number of carbonyl (C=O) groups excluding carboxylic acids is 2. The standard InChI is InChI=1S/C16H15ClN2O3/c1-10-2-7-14(20)13(8-10)19-16(22)15(21)18-9-11-3-5-12(17)6-4-11/h2-8,20H,9H2,1H3,(H,18,21)(H,19,22). The molecule has 6 heteroatoms. The number of carbonyl (C=O) groups is 2. The Labute approximate surface area is 132 Å². The van der Waals surface area contributed by atoms with E-state index in [9.17, 15) is 14.7 Å². The molecule has 5 nitrogen and oxygen atoms in total. The number of halogens is 1. The molecular weight excluding hydrogens is 304 g/mol. The lowest BCUT2D eigenvalue weighted by atomic mass is 10.2. The van der Waals surface area contributed by atoms with Crippen LogP contribution in [-0.4, -0.2) is 16.9 Å². The molecule has 0 bridgehead atoms. The van der Waals surface area contributed by atoms with Crippen molar-refractivity contribution in [1.82, 2.24) is 5.32 Å². The van der Waals surface area contributed by atoms with Gasteiger partial charge in [-0.05, 0) is 42.3 Å². The maximum Gasteiger partial charge on any atom is 0.313 e. The number of aryl methyl sites for hydroxylation is 1. The van der Waals surface area contributed by atoms with Gasteiger partial charge in [0.15, 0.2) is 0 Å². The van der Waals surface area contributed by atoms with Gasteiger partial charge in [-0.3, -0.25) is 9.59 Å². The highest BCUT2D eigenvalue weighted by Gasteiger charge is 2.15. The van der Waals surface area contributed by atoms with Gasteiger partial charge in [-0.15, -0.1) is 0 Å². The fourth-order valence-electron chi connectivity index (χ4n) is 1.79. The first-order valence-electron chi connectivity index (χ1n) is 6.59. The van der Waals surface area contributed by atoms with Gasteiger partial charge in [-0.25, -0.2) is 0 Å². The summed E-state index contributed by atoms with van der Waals surface area (Å²) in [6.45, 7) is 2.03. The summed E-state index contributed by atoms with van der Waals surface area (Å²) in [6.07, 6.45) is 0. The van der Waals surface area contributed by atoms with Crippen LogP contribution < -0.4 is 10.6 Å².